The van der Waals surface area contributed by atoms with Gasteiger partial charge in [-0.05, 0) is 30.9 Å². The number of nitrogens with one attached hydrogen (secondary N) is 1. The molecule has 2 heterocycles. The summed E-state index contributed by atoms with van der Waals surface area (Å²) in [6, 6.07) is 7.94. The van der Waals surface area contributed by atoms with E-state index in [-0.39, 0.29) is 24.0 Å². The van der Waals surface area contributed by atoms with Gasteiger partial charge in [0.1, 0.15) is 0 Å². The Balaban J connectivity index is 1.39. The second-order valence-electron chi connectivity index (χ2n) is 6.95. The maximum Gasteiger partial charge on any atom is 0.220 e. The van der Waals surface area contributed by atoms with Gasteiger partial charge in [-0.25, -0.2) is 4.98 Å². The lowest BCUT2D eigenvalue weighted by molar-refractivity contribution is -0.123. The lowest BCUT2D eigenvalue weighted by Crippen LogP contribution is -2.41. The molecule has 0 aliphatic heterocycles. The van der Waals surface area contributed by atoms with Crippen molar-refractivity contribution in [3.8, 4) is 0 Å². The second kappa shape index (κ2) is 7.17. The van der Waals surface area contributed by atoms with Crippen LogP contribution in [0.4, 0.5) is 0 Å². The summed E-state index contributed by atoms with van der Waals surface area (Å²) in [6.45, 7) is 0. The van der Waals surface area contributed by atoms with Gasteiger partial charge in [-0.15, -0.1) is 11.3 Å². The van der Waals surface area contributed by atoms with Gasteiger partial charge in [0.15, 0.2) is 0 Å². The van der Waals surface area contributed by atoms with Crippen LogP contribution in [0.3, 0.4) is 0 Å². The Labute approximate surface area is 155 Å². The number of nitrogens with zero attached hydrogens (tertiary/aromatic N) is 3. The lowest BCUT2D eigenvalue weighted by Gasteiger charge is -2.37. The van der Waals surface area contributed by atoms with E-state index >= 15 is 0 Å². The quantitative estimate of drug-likeness (QED) is 0.699. The Kier molecular flexibility index (Phi) is 4.74. The molecule has 136 valence electrons. The largest absolute Gasteiger partial charge is 0.393 e. The van der Waals surface area contributed by atoms with E-state index in [9.17, 15) is 9.90 Å². The van der Waals surface area contributed by atoms with E-state index < -0.39 is 0 Å². The molecule has 1 saturated carbocycles. The van der Waals surface area contributed by atoms with E-state index in [2.05, 4.69) is 21.5 Å². The zero-order chi connectivity index (χ0) is 18.1. The summed E-state index contributed by atoms with van der Waals surface area (Å²) in [7, 11) is 1.87. The number of benzene rings is 1. The molecule has 0 spiro atoms. The monoisotopic (exact) mass is 370 g/mol. The molecule has 0 bridgehead atoms. The van der Waals surface area contributed by atoms with Crippen molar-refractivity contribution in [1.82, 2.24) is 20.1 Å². The summed E-state index contributed by atoms with van der Waals surface area (Å²) in [6.07, 6.45) is 5.96. The zero-order valence-corrected chi connectivity index (χ0v) is 15.4. The highest BCUT2D eigenvalue weighted by molar-refractivity contribution is 7.18. The predicted octanol–water partition coefficient (Wildman–Crippen LogP) is 2.59. The SMILES string of the molecule is Cn1cc([C@@H](NC(=O)CCc2nc3ccccc3s2)C2CC(O)C2)cn1. The van der Waals surface area contributed by atoms with Gasteiger partial charge in [0.05, 0.1) is 33.6 Å². The minimum Gasteiger partial charge on any atom is -0.393 e. The molecule has 3 aromatic rings. The van der Waals surface area contributed by atoms with Crippen LogP contribution in [0.5, 0.6) is 0 Å². The molecule has 2 aromatic heterocycles. The zero-order valence-electron chi connectivity index (χ0n) is 14.6. The Morgan fingerprint density at radius 3 is 2.92 bits per heavy atom. The molecule has 26 heavy (non-hydrogen) atoms. The first-order chi connectivity index (χ1) is 12.6. The topological polar surface area (TPSA) is 80.0 Å². The molecule has 1 aliphatic carbocycles. The molecule has 0 unspecified atom stereocenters. The van der Waals surface area contributed by atoms with Gasteiger partial charge < -0.3 is 10.4 Å². The van der Waals surface area contributed by atoms with Crippen LogP contribution in [0.15, 0.2) is 36.7 Å². The van der Waals surface area contributed by atoms with Gasteiger partial charge in [-0.2, -0.15) is 5.10 Å². The molecule has 1 aliphatic rings. The number of fused-ring (bicyclic) bond motifs is 1. The molecule has 0 radical (unpaired) electrons. The fourth-order valence-electron chi connectivity index (χ4n) is 3.47. The van der Waals surface area contributed by atoms with E-state index in [1.54, 1.807) is 22.2 Å². The minimum absolute atomic E-state index is 0.0134. The Hall–Kier alpha value is -2.25. The number of aliphatic hydroxyl groups is 1. The molecule has 1 atom stereocenters. The first-order valence-electron chi connectivity index (χ1n) is 8.89. The van der Waals surface area contributed by atoms with Gasteiger partial charge in [0, 0.05) is 31.6 Å². The number of aryl methyl sites for hydroxylation is 2. The summed E-state index contributed by atoms with van der Waals surface area (Å²) in [4.78, 5) is 17.1. The van der Waals surface area contributed by atoms with Crippen molar-refractivity contribution in [2.24, 2.45) is 13.0 Å². The average molecular weight is 370 g/mol. The first-order valence-corrected chi connectivity index (χ1v) is 9.70. The van der Waals surface area contributed by atoms with Crippen molar-refractivity contribution in [3.63, 3.8) is 0 Å². The van der Waals surface area contributed by atoms with Gasteiger partial charge in [-0.1, -0.05) is 12.1 Å². The molecule has 2 N–H and O–H groups in total. The van der Waals surface area contributed by atoms with Crippen LogP contribution in [0.2, 0.25) is 0 Å². The van der Waals surface area contributed by atoms with Crippen LogP contribution >= 0.6 is 11.3 Å². The fraction of sp³-hybridized carbons (Fsp3) is 0.421. The summed E-state index contributed by atoms with van der Waals surface area (Å²) >= 11 is 1.64. The maximum absolute atomic E-state index is 12.5. The molecule has 1 amide bonds. The Morgan fingerprint density at radius 2 is 2.23 bits per heavy atom. The van der Waals surface area contributed by atoms with E-state index in [0.29, 0.717) is 12.8 Å². The standard InChI is InChI=1S/C19H22N4O2S/c1-23-11-13(10-20-23)19(12-8-14(24)9-12)22-17(25)6-7-18-21-15-4-2-3-5-16(15)26-18/h2-5,10-12,14,19,24H,6-9H2,1H3,(H,22,25)/t12?,14?,19-/m0/s1. The summed E-state index contributed by atoms with van der Waals surface area (Å²) in [5, 5.41) is 18.0. The maximum atomic E-state index is 12.5. The molecular formula is C19H22N4O2S. The van der Waals surface area contributed by atoms with Crippen LogP contribution in [0.1, 0.15) is 35.9 Å². The molecule has 6 nitrogen and oxygen atoms in total. The van der Waals surface area contributed by atoms with Crippen molar-refractivity contribution in [2.75, 3.05) is 0 Å². The van der Waals surface area contributed by atoms with E-state index in [1.165, 1.54) is 0 Å². The normalized spacial score (nSPS) is 20.7. The van der Waals surface area contributed by atoms with Gasteiger partial charge in [0.2, 0.25) is 5.91 Å². The third-order valence-electron chi connectivity index (χ3n) is 4.93. The van der Waals surface area contributed by atoms with Crippen molar-refractivity contribution in [1.29, 1.82) is 0 Å². The average Bonchev–Trinajstić information content (AvgIpc) is 3.21. The van der Waals surface area contributed by atoms with Crippen molar-refractivity contribution in [3.05, 3.63) is 47.2 Å². The van der Waals surface area contributed by atoms with Crippen LogP contribution in [0, 0.1) is 5.92 Å². The number of hydrogen-bond donors (Lipinski definition) is 2. The van der Waals surface area contributed by atoms with Crippen LogP contribution in [-0.4, -0.2) is 31.9 Å². The van der Waals surface area contributed by atoms with Crippen molar-refractivity contribution in [2.45, 2.75) is 37.8 Å². The van der Waals surface area contributed by atoms with E-state index in [1.807, 2.05) is 31.4 Å². The van der Waals surface area contributed by atoms with Gasteiger partial charge in [0.25, 0.3) is 0 Å². The minimum atomic E-state index is -0.251. The number of para-hydroxylation sites is 1. The number of rotatable bonds is 6. The van der Waals surface area contributed by atoms with Crippen LogP contribution in [-0.2, 0) is 18.3 Å². The molecule has 1 fully saturated rings. The highest BCUT2D eigenvalue weighted by Crippen LogP contribution is 2.38. The molecular weight excluding hydrogens is 348 g/mol. The summed E-state index contributed by atoms with van der Waals surface area (Å²) in [5.74, 6) is 0.278. The number of carbonyl (C=O) groups excluding carboxylic acids is 1. The Bertz CT molecular complexity index is 880. The number of aliphatic hydroxyl groups excluding tert-OH is 1. The summed E-state index contributed by atoms with van der Waals surface area (Å²) in [5.41, 5.74) is 1.99. The first kappa shape index (κ1) is 17.2. The number of carbonyl (C=O) groups is 1. The number of thiazole rings is 1. The number of amides is 1. The van der Waals surface area contributed by atoms with Crippen LogP contribution in [0.25, 0.3) is 10.2 Å². The molecule has 7 heteroatoms. The molecule has 4 rings (SSSR count). The Morgan fingerprint density at radius 1 is 1.42 bits per heavy atom. The highest BCUT2D eigenvalue weighted by Gasteiger charge is 2.36. The van der Waals surface area contributed by atoms with Gasteiger partial charge in [-0.3, -0.25) is 9.48 Å². The summed E-state index contributed by atoms with van der Waals surface area (Å²) < 4.78 is 2.89. The number of aromatic nitrogens is 3. The fourth-order valence-corrected chi connectivity index (χ4v) is 4.44. The third kappa shape index (κ3) is 3.64. The predicted molar refractivity (Wildman–Crippen MR) is 101 cm³/mol. The second-order valence-corrected chi connectivity index (χ2v) is 8.07. The third-order valence-corrected chi connectivity index (χ3v) is 6.02. The molecule has 0 saturated heterocycles. The highest BCUT2D eigenvalue weighted by atomic mass is 32.1. The van der Waals surface area contributed by atoms with Crippen LogP contribution < -0.4 is 5.32 Å². The van der Waals surface area contributed by atoms with Crippen molar-refractivity contribution < 1.29 is 9.90 Å². The van der Waals surface area contributed by atoms with Gasteiger partial charge >= 0.3 is 0 Å². The lowest BCUT2D eigenvalue weighted by atomic mass is 9.75. The van der Waals surface area contributed by atoms with E-state index in [4.69, 9.17) is 0 Å². The van der Waals surface area contributed by atoms with Crippen molar-refractivity contribution >= 4 is 27.5 Å². The smallest absolute Gasteiger partial charge is 0.220 e. The molecule has 1 aromatic carbocycles. The van der Waals surface area contributed by atoms with E-state index in [0.717, 1.165) is 33.6 Å². The number of hydrogen-bond acceptors (Lipinski definition) is 5.